The van der Waals surface area contributed by atoms with E-state index in [1.165, 1.54) is 18.2 Å². The Bertz CT molecular complexity index is 1290. The van der Waals surface area contributed by atoms with Gasteiger partial charge in [0.05, 0.1) is 32.6 Å². The number of nitrogens with zero attached hydrogens (tertiary/aromatic N) is 3. The molecule has 9 heteroatoms. The van der Waals surface area contributed by atoms with Crippen molar-refractivity contribution in [1.82, 2.24) is 15.1 Å². The molecule has 1 N–H and O–H groups in total. The highest BCUT2D eigenvalue weighted by molar-refractivity contribution is 6.02. The van der Waals surface area contributed by atoms with Gasteiger partial charge in [0.15, 0.2) is 11.5 Å². The van der Waals surface area contributed by atoms with Gasteiger partial charge in [0, 0.05) is 30.5 Å². The molecule has 1 aromatic heterocycles. The number of ether oxygens (including phenoxy) is 3. The molecule has 8 nitrogen and oxygen atoms in total. The van der Waals surface area contributed by atoms with Gasteiger partial charge in [-0.2, -0.15) is 10.4 Å². The number of benzene rings is 2. The van der Waals surface area contributed by atoms with Gasteiger partial charge in [-0.1, -0.05) is 12.1 Å². The predicted molar refractivity (Wildman–Crippen MR) is 132 cm³/mol. The molecule has 0 radical (unpaired) electrons. The summed E-state index contributed by atoms with van der Waals surface area (Å²) in [6.07, 6.45) is 5.08. The first kappa shape index (κ1) is 24.9. The zero-order valence-electron chi connectivity index (χ0n) is 20.2. The largest absolute Gasteiger partial charge is 0.493 e. The van der Waals surface area contributed by atoms with E-state index >= 15 is 0 Å². The third-order valence-corrected chi connectivity index (χ3v) is 5.88. The molecule has 2 heterocycles. The van der Waals surface area contributed by atoms with Gasteiger partial charge in [-0.25, -0.2) is 4.39 Å². The van der Waals surface area contributed by atoms with Gasteiger partial charge in [-0.05, 0) is 54.8 Å². The fourth-order valence-corrected chi connectivity index (χ4v) is 4.02. The molecular formula is C27H27FN4O4. The zero-order valence-corrected chi connectivity index (χ0v) is 20.2. The molecule has 1 amide bonds. The monoisotopic (exact) mass is 490 g/mol. The molecule has 3 aromatic rings. The number of rotatable bonds is 9. The number of nitrogens with one attached hydrogen (secondary N) is 1. The Morgan fingerprint density at radius 2 is 2.03 bits per heavy atom. The minimum atomic E-state index is -0.474. The van der Waals surface area contributed by atoms with Crippen molar-refractivity contribution in [2.45, 2.75) is 25.5 Å². The maximum Gasteiger partial charge on any atom is 0.262 e. The molecule has 186 valence electrons. The Morgan fingerprint density at radius 1 is 1.25 bits per heavy atom. The van der Waals surface area contributed by atoms with Crippen LogP contribution in [-0.2, 0) is 16.1 Å². The smallest absolute Gasteiger partial charge is 0.262 e. The zero-order chi connectivity index (χ0) is 25.5. The number of carbonyl (C=O) groups is 1. The fourth-order valence-electron chi connectivity index (χ4n) is 4.02. The molecular weight excluding hydrogens is 463 g/mol. The summed E-state index contributed by atoms with van der Waals surface area (Å²) < 4.78 is 31.3. The van der Waals surface area contributed by atoms with Crippen LogP contribution in [0.3, 0.4) is 0 Å². The second-order valence-corrected chi connectivity index (χ2v) is 8.34. The molecule has 4 rings (SSSR count). The van der Waals surface area contributed by atoms with Crippen LogP contribution in [0.4, 0.5) is 4.39 Å². The van der Waals surface area contributed by atoms with Gasteiger partial charge < -0.3 is 19.5 Å². The minimum absolute atomic E-state index is 0.0327. The molecule has 1 saturated heterocycles. The summed E-state index contributed by atoms with van der Waals surface area (Å²) in [6, 6.07) is 13.5. The van der Waals surface area contributed by atoms with Gasteiger partial charge >= 0.3 is 0 Å². The Labute approximate surface area is 208 Å². The molecule has 2 aromatic carbocycles. The normalized spacial score (nSPS) is 15.4. The Morgan fingerprint density at radius 3 is 2.69 bits per heavy atom. The van der Waals surface area contributed by atoms with Crippen molar-refractivity contribution in [3.05, 3.63) is 71.2 Å². The summed E-state index contributed by atoms with van der Waals surface area (Å²) in [6.45, 7) is 1.41. The van der Waals surface area contributed by atoms with Gasteiger partial charge in [-0.3, -0.25) is 9.48 Å². The first-order valence-electron chi connectivity index (χ1n) is 11.6. The summed E-state index contributed by atoms with van der Waals surface area (Å²) in [4.78, 5) is 12.7. The highest BCUT2D eigenvalue weighted by Gasteiger charge is 2.19. The molecule has 1 atom stereocenters. The van der Waals surface area contributed by atoms with Crippen molar-refractivity contribution in [2.75, 3.05) is 27.4 Å². The maximum atomic E-state index is 13.3. The second kappa shape index (κ2) is 11.5. The lowest BCUT2D eigenvalue weighted by molar-refractivity contribution is -0.117. The van der Waals surface area contributed by atoms with E-state index in [4.69, 9.17) is 19.3 Å². The van der Waals surface area contributed by atoms with Crippen LogP contribution >= 0.6 is 0 Å². The summed E-state index contributed by atoms with van der Waals surface area (Å²) in [5.74, 6) is 0.294. The number of methoxy groups -OCH3 is 2. The van der Waals surface area contributed by atoms with E-state index < -0.39 is 5.91 Å². The van der Waals surface area contributed by atoms with Crippen LogP contribution in [0.5, 0.6) is 11.5 Å². The van der Waals surface area contributed by atoms with E-state index in [1.807, 2.05) is 12.1 Å². The number of hydrogen-bond donors (Lipinski definition) is 1. The number of halogens is 1. The Balaban J connectivity index is 1.68. The van der Waals surface area contributed by atoms with Gasteiger partial charge in [0.2, 0.25) is 0 Å². The van der Waals surface area contributed by atoms with E-state index in [2.05, 4.69) is 5.32 Å². The number of aromatic nitrogens is 2. The molecule has 1 aliphatic heterocycles. The van der Waals surface area contributed by atoms with Crippen molar-refractivity contribution in [2.24, 2.45) is 0 Å². The summed E-state index contributed by atoms with van der Waals surface area (Å²) >= 11 is 0. The average molecular weight is 491 g/mol. The fraction of sp³-hybridized carbons (Fsp3) is 0.296. The molecule has 0 aliphatic carbocycles. The lowest BCUT2D eigenvalue weighted by atomic mass is 10.0. The SMILES string of the molecule is COc1ccc(-c2nn(Cc3ccc(F)cc3)cc2/C=C(\C#N)C(=O)NCC2CCCO2)cc1OC. The highest BCUT2D eigenvalue weighted by atomic mass is 19.1. The Kier molecular flexibility index (Phi) is 7.98. The Hall–Kier alpha value is -4.16. The third kappa shape index (κ3) is 5.90. The van der Waals surface area contributed by atoms with Gasteiger partial charge in [-0.15, -0.1) is 0 Å². The van der Waals surface area contributed by atoms with Gasteiger partial charge in [0.1, 0.15) is 17.5 Å². The number of carbonyl (C=O) groups excluding carboxylic acids is 1. The summed E-state index contributed by atoms with van der Waals surface area (Å²) in [5.41, 5.74) is 2.65. The van der Waals surface area contributed by atoms with Crippen molar-refractivity contribution < 1.29 is 23.4 Å². The lowest BCUT2D eigenvalue weighted by Gasteiger charge is -2.10. The molecule has 36 heavy (non-hydrogen) atoms. The maximum absolute atomic E-state index is 13.3. The summed E-state index contributed by atoms with van der Waals surface area (Å²) in [5, 5.41) is 17.2. The van der Waals surface area contributed by atoms with Crippen molar-refractivity contribution in [3.63, 3.8) is 0 Å². The first-order valence-corrected chi connectivity index (χ1v) is 11.6. The van der Waals surface area contributed by atoms with Crippen molar-refractivity contribution >= 4 is 12.0 Å². The van der Waals surface area contributed by atoms with Gasteiger partial charge in [0.25, 0.3) is 5.91 Å². The molecule has 1 unspecified atom stereocenters. The van der Waals surface area contributed by atoms with E-state index in [0.29, 0.717) is 48.0 Å². The van der Waals surface area contributed by atoms with Crippen LogP contribution in [-0.4, -0.2) is 49.2 Å². The first-order chi connectivity index (χ1) is 17.5. The van der Waals surface area contributed by atoms with Crippen LogP contribution in [0.25, 0.3) is 17.3 Å². The molecule has 0 saturated carbocycles. The molecule has 1 aliphatic rings. The number of nitriles is 1. The second-order valence-electron chi connectivity index (χ2n) is 8.34. The topological polar surface area (TPSA) is 98.4 Å². The van der Waals surface area contributed by atoms with Crippen LogP contribution in [0.2, 0.25) is 0 Å². The van der Waals surface area contributed by atoms with E-state index in [9.17, 15) is 14.4 Å². The van der Waals surface area contributed by atoms with Crippen LogP contribution in [0.1, 0.15) is 24.0 Å². The highest BCUT2D eigenvalue weighted by Crippen LogP contribution is 2.33. The van der Waals surface area contributed by atoms with E-state index in [0.717, 1.165) is 18.4 Å². The minimum Gasteiger partial charge on any atom is -0.493 e. The average Bonchev–Trinajstić information content (AvgIpc) is 3.56. The van der Waals surface area contributed by atoms with Crippen LogP contribution < -0.4 is 14.8 Å². The molecule has 0 bridgehead atoms. The number of hydrogen-bond acceptors (Lipinski definition) is 6. The van der Waals surface area contributed by atoms with E-state index in [-0.39, 0.29) is 17.5 Å². The third-order valence-electron chi connectivity index (χ3n) is 5.88. The van der Waals surface area contributed by atoms with Crippen LogP contribution in [0.15, 0.2) is 54.2 Å². The van der Waals surface area contributed by atoms with E-state index in [1.54, 1.807) is 49.4 Å². The van der Waals surface area contributed by atoms with Crippen molar-refractivity contribution in [3.8, 4) is 28.8 Å². The van der Waals surface area contributed by atoms with Crippen LogP contribution in [0, 0.1) is 17.1 Å². The molecule has 1 fully saturated rings. The predicted octanol–water partition coefficient (Wildman–Crippen LogP) is 3.96. The summed E-state index contributed by atoms with van der Waals surface area (Å²) in [7, 11) is 3.10. The molecule has 0 spiro atoms. The van der Waals surface area contributed by atoms with Crippen molar-refractivity contribution in [1.29, 1.82) is 5.26 Å². The quantitative estimate of drug-likeness (QED) is 0.360. The lowest BCUT2D eigenvalue weighted by Crippen LogP contribution is -2.32. The number of amides is 1. The standard InChI is InChI=1S/C27H27FN4O4/c1-34-24-10-7-19(13-25(24)35-2)26-21(17-32(31-26)16-18-5-8-22(28)9-6-18)12-20(14-29)27(33)30-15-23-4-3-11-36-23/h5-10,12-13,17,23H,3-4,11,15-16H2,1-2H3,(H,30,33)/b20-12+.